The Balaban J connectivity index is 2.43. The molecule has 92 valence electrons. The van der Waals surface area contributed by atoms with Crippen molar-refractivity contribution in [2.24, 2.45) is 12.8 Å². The quantitative estimate of drug-likeness (QED) is 0.779. The molecule has 1 aromatic heterocycles. The number of aryl methyl sites for hydroxylation is 2. The van der Waals surface area contributed by atoms with Gasteiger partial charge in [-0.05, 0) is 45.8 Å². The van der Waals surface area contributed by atoms with Gasteiger partial charge < -0.3 is 10.6 Å². The van der Waals surface area contributed by atoms with Crippen LogP contribution in [0.5, 0.6) is 0 Å². The molecule has 1 rings (SSSR count). The molecular formula is C12H24N4. The topological polar surface area (TPSA) is 47.1 Å². The van der Waals surface area contributed by atoms with Crippen LogP contribution in [0.25, 0.3) is 0 Å². The first-order chi connectivity index (χ1) is 7.56. The maximum absolute atomic E-state index is 5.51. The summed E-state index contributed by atoms with van der Waals surface area (Å²) in [6.45, 7) is 7.04. The van der Waals surface area contributed by atoms with E-state index in [2.05, 4.69) is 30.9 Å². The lowest BCUT2D eigenvalue weighted by molar-refractivity contribution is 0.338. The molecule has 0 saturated carbocycles. The molecule has 1 aromatic rings. The molecular weight excluding hydrogens is 200 g/mol. The van der Waals surface area contributed by atoms with Gasteiger partial charge in [0.25, 0.3) is 0 Å². The molecule has 0 fully saturated rings. The minimum absolute atomic E-state index is 0.738. The van der Waals surface area contributed by atoms with Gasteiger partial charge in [0.1, 0.15) is 0 Å². The van der Waals surface area contributed by atoms with Crippen LogP contribution in [0, 0.1) is 13.8 Å². The largest absolute Gasteiger partial charge is 0.329 e. The SMILES string of the molecule is Cc1nn(C)c(C)c1CCCN(C)CCN. The van der Waals surface area contributed by atoms with E-state index in [-0.39, 0.29) is 0 Å². The monoisotopic (exact) mass is 224 g/mol. The minimum Gasteiger partial charge on any atom is -0.329 e. The van der Waals surface area contributed by atoms with Gasteiger partial charge in [0, 0.05) is 25.8 Å². The molecule has 0 radical (unpaired) electrons. The Kier molecular flexibility index (Phi) is 4.96. The molecule has 1 heterocycles. The Morgan fingerprint density at radius 2 is 2.00 bits per heavy atom. The number of hydrogen-bond donors (Lipinski definition) is 1. The van der Waals surface area contributed by atoms with Crippen LogP contribution in [0.3, 0.4) is 0 Å². The number of rotatable bonds is 6. The summed E-state index contributed by atoms with van der Waals surface area (Å²) in [5.74, 6) is 0. The highest BCUT2D eigenvalue weighted by Crippen LogP contribution is 2.13. The van der Waals surface area contributed by atoms with E-state index in [1.54, 1.807) is 0 Å². The van der Waals surface area contributed by atoms with Crippen molar-refractivity contribution in [1.29, 1.82) is 0 Å². The summed E-state index contributed by atoms with van der Waals surface area (Å²) >= 11 is 0. The van der Waals surface area contributed by atoms with E-state index in [0.29, 0.717) is 0 Å². The molecule has 4 nitrogen and oxygen atoms in total. The van der Waals surface area contributed by atoms with E-state index in [1.807, 2.05) is 11.7 Å². The third kappa shape index (κ3) is 3.32. The van der Waals surface area contributed by atoms with Crippen molar-refractivity contribution in [2.75, 3.05) is 26.7 Å². The summed E-state index contributed by atoms with van der Waals surface area (Å²) in [5, 5.41) is 4.43. The molecule has 0 saturated heterocycles. The fraction of sp³-hybridized carbons (Fsp3) is 0.750. The molecule has 2 N–H and O–H groups in total. The average Bonchev–Trinajstić information content (AvgIpc) is 2.45. The van der Waals surface area contributed by atoms with Gasteiger partial charge in [-0.3, -0.25) is 4.68 Å². The maximum Gasteiger partial charge on any atom is 0.0628 e. The number of aromatic nitrogens is 2. The van der Waals surface area contributed by atoms with Crippen molar-refractivity contribution in [1.82, 2.24) is 14.7 Å². The van der Waals surface area contributed by atoms with Gasteiger partial charge in [-0.1, -0.05) is 0 Å². The number of hydrogen-bond acceptors (Lipinski definition) is 3. The second kappa shape index (κ2) is 6.01. The molecule has 0 unspecified atom stereocenters. The zero-order valence-electron chi connectivity index (χ0n) is 11.0. The maximum atomic E-state index is 5.51. The van der Waals surface area contributed by atoms with Crippen LogP contribution in [0.15, 0.2) is 0 Å². The molecule has 0 aliphatic carbocycles. The smallest absolute Gasteiger partial charge is 0.0628 e. The molecule has 0 spiro atoms. The molecule has 4 heteroatoms. The summed E-state index contributed by atoms with van der Waals surface area (Å²) in [7, 11) is 4.13. The second-order valence-corrected chi connectivity index (χ2v) is 4.47. The highest BCUT2D eigenvalue weighted by molar-refractivity contribution is 5.24. The van der Waals surface area contributed by atoms with Crippen LogP contribution in [0.2, 0.25) is 0 Å². The van der Waals surface area contributed by atoms with E-state index in [9.17, 15) is 0 Å². The predicted molar refractivity (Wildman–Crippen MR) is 67.6 cm³/mol. The Morgan fingerprint density at radius 3 is 2.50 bits per heavy atom. The standard InChI is InChI=1S/C12H24N4/c1-10-12(11(2)16(4)14-10)6-5-8-15(3)9-7-13/h5-9,13H2,1-4H3. The van der Waals surface area contributed by atoms with Crippen LogP contribution >= 0.6 is 0 Å². The van der Waals surface area contributed by atoms with Gasteiger partial charge in [-0.2, -0.15) is 5.10 Å². The molecule has 16 heavy (non-hydrogen) atoms. The fourth-order valence-corrected chi connectivity index (χ4v) is 2.04. The first-order valence-electron chi connectivity index (χ1n) is 5.94. The minimum atomic E-state index is 0.738. The first-order valence-corrected chi connectivity index (χ1v) is 5.94. The van der Waals surface area contributed by atoms with Crippen molar-refractivity contribution in [3.05, 3.63) is 17.0 Å². The Labute approximate surface area is 98.4 Å². The predicted octanol–water partition coefficient (Wildman–Crippen LogP) is 0.860. The summed E-state index contributed by atoms with van der Waals surface area (Å²) < 4.78 is 1.97. The van der Waals surface area contributed by atoms with E-state index < -0.39 is 0 Å². The molecule has 0 bridgehead atoms. The van der Waals surface area contributed by atoms with Crippen molar-refractivity contribution in [3.63, 3.8) is 0 Å². The molecule has 0 amide bonds. The van der Waals surface area contributed by atoms with E-state index in [1.165, 1.54) is 23.4 Å². The Hall–Kier alpha value is -0.870. The van der Waals surface area contributed by atoms with Crippen LogP contribution < -0.4 is 5.73 Å². The summed E-state index contributed by atoms with van der Waals surface area (Å²) in [6, 6.07) is 0. The third-order valence-corrected chi connectivity index (χ3v) is 3.14. The van der Waals surface area contributed by atoms with Gasteiger partial charge in [0.05, 0.1) is 5.69 Å². The van der Waals surface area contributed by atoms with Gasteiger partial charge >= 0.3 is 0 Å². The zero-order chi connectivity index (χ0) is 12.1. The van der Waals surface area contributed by atoms with Crippen molar-refractivity contribution in [2.45, 2.75) is 26.7 Å². The molecule has 0 atom stereocenters. The lowest BCUT2D eigenvalue weighted by Crippen LogP contribution is -2.26. The second-order valence-electron chi connectivity index (χ2n) is 4.47. The summed E-state index contributed by atoms with van der Waals surface area (Å²) in [4.78, 5) is 2.28. The van der Waals surface area contributed by atoms with E-state index in [4.69, 9.17) is 5.73 Å². The van der Waals surface area contributed by atoms with Crippen molar-refractivity contribution >= 4 is 0 Å². The van der Waals surface area contributed by atoms with Gasteiger partial charge in [-0.15, -0.1) is 0 Å². The average molecular weight is 224 g/mol. The highest BCUT2D eigenvalue weighted by atomic mass is 15.3. The van der Waals surface area contributed by atoms with E-state index in [0.717, 1.165) is 26.1 Å². The lowest BCUT2D eigenvalue weighted by Gasteiger charge is -2.14. The van der Waals surface area contributed by atoms with Crippen LogP contribution in [-0.4, -0.2) is 41.4 Å². The fourth-order valence-electron chi connectivity index (χ4n) is 2.04. The normalized spacial score (nSPS) is 11.4. The third-order valence-electron chi connectivity index (χ3n) is 3.14. The zero-order valence-corrected chi connectivity index (χ0v) is 11.0. The number of nitrogens with zero attached hydrogens (tertiary/aromatic N) is 3. The summed E-state index contributed by atoms with van der Waals surface area (Å²) in [5.41, 5.74) is 9.37. The molecule has 0 aliphatic rings. The Bertz CT molecular complexity index is 330. The Morgan fingerprint density at radius 1 is 1.31 bits per heavy atom. The molecule has 0 aromatic carbocycles. The van der Waals surface area contributed by atoms with Crippen LogP contribution in [0.1, 0.15) is 23.4 Å². The van der Waals surface area contributed by atoms with Crippen molar-refractivity contribution in [3.8, 4) is 0 Å². The number of nitrogens with two attached hydrogens (primary N) is 1. The number of likely N-dealkylation sites (N-methyl/N-ethyl adjacent to an activating group) is 1. The molecule has 0 aliphatic heterocycles. The van der Waals surface area contributed by atoms with E-state index >= 15 is 0 Å². The summed E-state index contributed by atoms with van der Waals surface area (Å²) in [6.07, 6.45) is 2.28. The van der Waals surface area contributed by atoms with Crippen molar-refractivity contribution < 1.29 is 0 Å². The van der Waals surface area contributed by atoms with Crippen LogP contribution in [0.4, 0.5) is 0 Å². The van der Waals surface area contributed by atoms with Crippen LogP contribution in [-0.2, 0) is 13.5 Å². The lowest BCUT2D eigenvalue weighted by atomic mass is 10.1. The van der Waals surface area contributed by atoms with Gasteiger partial charge in [0.2, 0.25) is 0 Å². The van der Waals surface area contributed by atoms with Gasteiger partial charge in [-0.25, -0.2) is 0 Å². The first kappa shape index (κ1) is 13.2. The highest BCUT2D eigenvalue weighted by Gasteiger charge is 2.08. The van der Waals surface area contributed by atoms with Gasteiger partial charge in [0.15, 0.2) is 0 Å².